The van der Waals surface area contributed by atoms with Gasteiger partial charge in [-0.2, -0.15) is 0 Å². The molecule has 0 saturated heterocycles. The minimum Gasteiger partial charge on any atom is -0.439 e. The molecule has 0 radical (unpaired) electrons. The molecule has 0 aliphatic rings. The van der Waals surface area contributed by atoms with Gasteiger partial charge in [-0.25, -0.2) is 17.8 Å². The van der Waals surface area contributed by atoms with Gasteiger partial charge < -0.3 is 10.1 Å². The molecular formula is C21H18BrFN2O4S. The molecule has 1 N–H and O–H groups in total. The van der Waals surface area contributed by atoms with Crippen LogP contribution in [-0.2, 0) is 26.9 Å². The molecule has 1 amide bonds. The molecule has 2 aromatic carbocycles. The number of ether oxygens (including phenoxy) is 1. The minimum absolute atomic E-state index is 0.135. The van der Waals surface area contributed by atoms with Crippen molar-refractivity contribution in [2.45, 2.75) is 12.3 Å². The van der Waals surface area contributed by atoms with Crippen molar-refractivity contribution in [1.29, 1.82) is 0 Å². The molecule has 1 aromatic heterocycles. The Morgan fingerprint density at radius 1 is 1.00 bits per heavy atom. The standard InChI is InChI=1S/C21H18BrFN2O4S/c22-17-4-1-15(2-5-17)13-30(27,28)14-20(26)24-11-16-3-10-21(25-12-16)29-19-8-6-18(23)7-9-19/h1-10,12H,11,13-14H2,(H,24,26). The van der Waals surface area contributed by atoms with Crippen molar-refractivity contribution in [3.63, 3.8) is 0 Å². The Bertz CT molecular complexity index is 1100. The summed E-state index contributed by atoms with van der Waals surface area (Å²) in [7, 11) is -3.59. The van der Waals surface area contributed by atoms with Crippen LogP contribution in [-0.4, -0.2) is 25.1 Å². The summed E-state index contributed by atoms with van der Waals surface area (Å²) < 4.78 is 43.7. The van der Waals surface area contributed by atoms with Crippen molar-refractivity contribution in [3.8, 4) is 11.6 Å². The highest BCUT2D eigenvalue weighted by Gasteiger charge is 2.17. The Hall–Kier alpha value is -2.78. The lowest BCUT2D eigenvalue weighted by atomic mass is 10.2. The van der Waals surface area contributed by atoms with E-state index in [1.807, 2.05) is 0 Å². The molecule has 3 rings (SSSR count). The molecule has 0 unspecified atom stereocenters. The topological polar surface area (TPSA) is 85.4 Å². The predicted molar refractivity (Wildman–Crippen MR) is 114 cm³/mol. The van der Waals surface area contributed by atoms with Gasteiger partial charge in [0.1, 0.15) is 17.3 Å². The highest BCUT2D eigenvalue weighted by molar-refractivity contribution is 9.10. The molecule has 0 bridgehead atoms. The molecule has 0 aliphatic carbocycles. The number of carbonyl (C=O) groups is 1. The first-order valence-corrected chi connectivity index (χ1v) is 11.5. The van der Waals surface area contributed by atoms with Gasteiger partial charge in [0.25, 0.3) is 0 Å². The van der Waals surface area contributed by atoms with Gasteiger partial charge in [-0.05, 0) is 47.5 Å². The summed E-state index contributed by atoms with van der Waals surface area (Å²) in [5, 5.41) is 2.58. The zero-order valence-corrected chi connectivity index (χ0v) is 18.1. The molecule has 1 heterocycles. The summed E-state index contributed by atoms with van der Waals surface area (Å²) in [5.74, 6) is -0.985. The Morgan fingerprint density at radius 3 is 2.30 bits per heavy atom. The summed E-state index contributed by atoms with van der Waals surface area (Å²) in [6.07, 6.45) is 1.51. The van der Waals surface area contributed by atoms with Crippen LogP contribution < -0.4 is 10.1 Å². The Labute approximate surface area is 182 Å². The van der Waals surface area contributed by atoms with Crippen molar-refractivity contribution < 1.29 is 22.3 Å². The van der Waals surface area contributed by atoms with E-state index in [0.29, 0.717) is 22.8 Å². The molecule has 0 aliphatic heterocycles. The number of aromatic nitrogens is 1. The molecule has 3 aromatic rings. The van der Waals surface area contributed by atoms with E-state index in [-0.39, 0.29) is 18.1 Å². The van der Waals surface area contributed by atoms with Crippen molar-refractivity contribution in [2.75, 3.05) is 5.75 Å². The molecule has 9 heteroatoms. The van der Waals surface area contributed by atoms with Crippen LogP contribution in [0.5, 0.6) is 11.6 Å². The monoisotopic (exact) mass is 492 g/mol. The molecule has 0 saturated carbocycles. The van der Waals surface area contributed by atoms with E-state index in [0.717, 1.165) is 4.47 Å². The van der Waals surface area contributed by atoms with Gasteiger partial charge in [0.15, 0.2) is 9.84 Å². The lowest BCUT2D eigenvalue weighted by Crippen LogP contribution is -2.30. The molecule has 0 fully saturated rings. The van der Waals surface area contributed by atoms with Gasteiger partial charge in [-0.3, -0.25) is 4.79 Å². The third-order valence-electron chi connectivity index (χ3n) is 3.97. The summed E-state index contributed by atoms with van der Waals surface area (Å²) >= 11 is 3.29. The molecule has 0 spiro atoms. The predicted octanol–water partition coefficient (Wildman–Crippen LogP) is 4.01. The van der Waals surface area contributed by atoms with Gasteiger partial charge in [-0.15, -0.1) is 0 Å². The zero-order chi connectivity index (χ0) is 21.6. The van der Waals surface area contributed by atoms with Crippen molar-refractivity contribution in [1.82, 2.24) is 10.3 Å². The fourth-order valence-electron chi connectivity index (χ4n) is 2.54. The highest BCUT2D eigenvalue weighted by Crippen LogP contribution is 2.19. The zero-order valence-electron chi connectivity index (χ0n) is 15.7. The largest absolute Gasteiger partial charge is 0.439 e. The van der Waals surface area contributed by atoms with Crippen LogP contribution in [0.15, 0.2) is 71.3 Å². The van der Waals surface area contributed by atoms with E-state index in [1.165, 1.54) is 30.5 Å². The second-order valence-electron chi connectivity index (χ2n) is 6.50. The van der Waals surface area contributed by atoms with Crippen LogP contribution in [0.3, 0.4) is 0 Å². The average molecular weight is 493 g/mol. The fourth-order valence-corrected chi connectivity index (χ4v) is 4.10. The van der Waals surface area contributed by atoms with Gasteiger partial charge in [0.2, 0.25) is 11.8 Å². The van der Waals surface area contributed by atoms with E-state index in [2.05, 4.69) is 26.2 Å². The maximum Gasteiger partial charge on any atom is 0.235 e. The third kappa shape index (κ3) is 6.93. The van der Waals surface area contributed by atoms with Crippen LogP contribution in [0.4, 0.5) is 4.39 Å². The minimum atomic E-state index is -3.59. The maximum atomic E-state index is 12.9. The lowest BCUT2D eigenvalue weighted by Gasteiger charge is -2.08. The smallest absolute Gasteiger partial charge is 0.235 e. The Balaban J connectivity index is 1.49. The van der Waals surface area contributed by atoms with E-state index < -0.39 is 21.5 Å². The number of nitrogens with zero attached hydrogens (tertiary/aromatic N) is 1. The second-order valence-corrected chi connectivity index (χ2v) is 9.48. The highest BCUT2D eigenvalue weighted by atomic mass is 79.9. The van der Waals surface area contributed by atoms with E-state index >= 15 is 0 Å². The van der Waals surface area contributed by atoms with Crippen LogP contribution in [0.1, 0.15) is 11.1 Å². The number of benzene rings is 2. The van der Waals surface area contributed by atoms with Crippen molar-refractivity contribution in [2.24, 2.45) is 0 Å². The number of pyridine rings is 1. The number of amides is 1. The summed E-state index contributed by atoms with van der Waals surface area (Å²) in [4.78, 5) is 16.2. The van der Waals surface area contributed by atoms with Gasteiger partial charge in [-0.1, -0.05) is 34.1 Å². The first-order chi connectivity index (χ1) is 14.3. The normalized spacial score (nSPS) is 11.1. The van der Waals surface area contributed by atoms with E-state index in [9.17, 15) is 17.6 Å². The maximum absolute atomic E-state index is 12.9. The summed E-state index contributed by atoms with van der Waals surface area (Å²) in [6.45, 7) is 0.135. The lowest BCUT2D eigenvalue weighted by molar-refractivity contribution is -0.118. The Kier molecular flexibility index (Phi) is 7.17. The van der Waals surface area contributed by atoms with Crippen LogP contribution in [0.25, 0.3) is 0 Å². The van der Waals surface area contributed by atoms with Crippen molar-refractivity contribution in [3.05, 3.63) is 88.3 Å². The van der Waals surface area contributed by atoms with E-state index in [1.54, 1.807) is 36.4 Å². The second kappa shape index (κ2) is 9.82. The number of rotatable bonds is 8. The first kappa shape index (κ1) is 21.9. The first-order valence-electron chi connectivity index (χ1n) is 8.89. The number of hydrogen-bond acceptors (Lipinski definition) is 5. The Morgan fingerprint density at radius 2 is 1.67 bits per heavy atom. The van der Waals surface area contributed by atoms with Gasteiger partial charge >= 0.3 is 0 Å². The molecule has 0 atom stereocenters. The summed E-state index contributed by atoms with van der Waals surface area (Å²) in [6, 6.07) is 15.7. The number of sulfone groups is 1. The SMILES string of the molecule is O=C(CS(=O)(=O)Cc1ccc(Br)cc1)NCc1ccc(Oc2ccc(F)cc2)nc1. The van der Waals surface area contributed by atoms with Crippen LogP contribution in [0, 0.1) is 5.82 Å². The molecular weight excluding hydrogens is 475 g/mol. The number of carbonyl (C=O) groups excluding carboxylic acids is 1. The fraction of sp³-hybridized carbons (Fsp3) is 0.143. The van der Waals surface area contributed by atoms with Gasteiger partial charge in [0, 0.05) is 23.3 Å². The number of hydrogen-bond donors (Lipinski definition) is 1. The van der Waals surface area contributed by atoms with Crippen molar-refractivity contribution >= 4 is 31.7 Å². The molecule has 30 heavy (non-hydrogen) atoms. The third-order valence-corrected chi connectivity index (χ3v) is 5.98. The number of halogens is 2. The number of nitrogens with one attached hydrogen (secondary N) is 1. The van der Waals surface area contributed by atoms with Crippen LogP contribution in [0.2, 0.25) is 0 Å². The van der Waals surface area contributed by atoms with E-state index in [4.69, 9.17) is 4.74 Å². The molecule has 156 valence electrons. The quantitative estimate of drug-likeness (QED) is 0.513. The van der Waals surface area contributed by atoms with Gasteiger partial charge in [0.05, 0.1) is 5.75 Å². The molecule has 6 nitrogen and oxygen atoms in total. The average Bonchev–Trinajstić information content (AvgIpc) is 2.70. The van der Waals surface area contributed by atoms with Crippen LogP contribution >= 0.6 is 15.9 Å². The summed E-state index contributed by atoms with van der Waals surface area (Å²) in [5.41, 5.74) is 1.30.